The van der Waals surface area contributed by atoms with Crippen LogP contribution in [0.4, 0.5) is 0 Å². The van der Waals surface area contributed by atoms with Crippen molar-refractivity contribution in [2.45, 2.75) is 31.9 Å². The number of hydrogen-bond donors (Lipinski definition) is 1. The van der Waals surface area contributed by atoms with Crippen molar-refractivity contribution in [2.75, 3.05) is 20.2 Å². The maximum Gasteiger partial charge on any atom is 0.242 e. The van der Waals surface area contributed by atoms with Crippen molar-refractivity contribution in [3.05, 3.63) is 35.9 Å². The quantitative estimate of drug-likeness (QED) is 0.879. The zero-order valence-corrected chi connectivity index (χ0v) is 12.5. The molecule has 2 amide bonds. The molecule has 0 radical (unpaired) electrons. The number of amides is 2. The number of ether oxygens (including phenoxy) is 1. The third kappa shape index (κ3) is 4.04. The molecule has 1 aromatic carbocycles. The number of benzene rings is 1. The van der Waals surface area contributed by atoms with Crippen LogP contribution in [-0.4, -0.2) is 49.1 Å². The molecule has 5 nitrogen and oxygen atoms in total. The molecule has 0 saturated carbocycles. The summed E-state index contributed by atoms with van der Waals surface area (Å²) in [5.74, 6) is -0.240. The maximum atomic E-state index is 12.3. The summed E-state index contributed by atoms with van der Waals surface area (Å²) in [6.45, 7) is 2.14. The lowest BCUT2D eigenvalue weighted by Gasteiger charge is -2.28. The highest BCUT2D eigenvalue weighted by Crippen LogP contribution is 2.24. The number of nitrogens with one attached hydrogen (secondary N) is 1. The molecule has 21 heavy (non-hydrogen) atoms. The Kier molecular flexibility index (Phi) is 5.33. The first-order valence-corrected chi connectivity index (χ1v) is 7.22. The van der Waals surface area contributed by atoms with Gasteiger partial charge in [0.15, 0.2) is 0 Å². The lowest BCUT2D eigenvalue weighted by molar-refractivity contribution is -0.134. The number of nitrogens with zero attached hydrogens (tertiary/aromatic N) is 1. The van der Waals surface area contributed by atoms with Gasteiger partial charge in [-0.2, -0.15) is 0 Å². The smallest absolute Gasteiger partial charge is 0.242 e. The largest absolute Gasteiger partial charge is 0.379 e. The third-order valence-corrected chi connectivity index (χ3v) is 3.88. The van der Waals surface area contributed by atoms with Gasteiger partial charge in [0.25, 0.3) is 0 Å². The molecule has 1 aliphatic rings. The first kappa shape index (κ1) is 15.5. The average Bonchev–Trinajstić information content (AvgIpc) is 2.88. The number of methoxy groups -OCH3 is 1. The molecule has 114 valence electrons. The van der Waals surface area contributed by atoms with E-state index in [9.17, 15) is 9.59 Å². The molecule has 2 atom stereocenters. The average molecular weight is 290 g/mol. The topological polar surface area (TPSA) is 58.6 Å². The van der Waals surface area contributed by atoms with Crippen LogP contribution in [0, 0.1) is 0 Å². The van der Waals surface area contributed by atoms with Crippen LogP contribution >= 0.6 is 0 Å². The van der Waals surface area contributed by atoms with E-state index in [-0.39, 0.29) is 30.5 Å². The molecule has 0 unspecified atom stereocenters. The molecule has 0 aromatic heterocycles. The van der Waals surface area contributed by atoms with E-state index in [1.54, 1.807) is 7.11 Å². The Morgan fingerprint density at radius 1 is 1.33 bits per heavy atom. The van der Waals surface area contributed by atoms with Crippen molar-refractivity contribution in [1.82, 2.24) is 10.2 Å². The molecule has 1 aromatic rings. The second-order valence-corrected chi connectivity index (χ2v) is 5.32. The number of likely N-dealkylation sites (tertiary alicyclic amines) is 1. The van der Waals surface area contributed by atoms with Crippen molar-refractivity contribution < 1.29 is 14.3 Å². The molecule has 1 heterocycles. The summed E-state index contributed by atoms with van der Waals surface area (Å²) in [6.07, 6.45) is 1.65. The van der Waals surface area contributed by atoms with Gasteiger partial charge in [0.2, 0.25) is 11.8 Å². The van der Waals surface area contributed by atoms with Crippen LogP contribution in [0.1, 0.15) is 18.9 Å². The molecule has 5 heteroatoms. The summed E-state index contributed by atoms with van der Waals surface area (Å²) in [5, 5.41) is 2.57. The predicted molar refractivity (Wildman–Crippen MR) is 79.7 cm³/mol. The molecule has 1 fully saturated rings. The van der Waals surface area contributed by atoms with Crippen molar-refractivity contribution in [3.8, 4) is 0 Å². The van der Waals surface area contributed by atoms with E-state index in [4.69, 9.17) is 4.74 Å². The molecular formula is C16H22N2O3. The van der Waals surface area contributed by atoms with Gasteiger partial charge in [-0.1, -0.05) is 30.3 Å². The van der Waals surface area contributed by atoms with E-state index in [1.807, 2.05) is 23.1 Å². The first-order valence-electron chi connectivity index (χ1n) is 7.22. The van der Waals surface area contributed by atoms with Crippen LogP contribution in [-0.2, 0) is 20.7 Å². The SMILES string of the molecule is CO[C@@H]1CCN(C(=O)CNC(C)=O)[C@@H]1Cc1ccccc1. The third-order valence-electron chi connectivity index (χ3n) is 3.88. The highest BCUT2D eigenvalue weighted by atomic mass is 16.5. The van der Waals surface area contributed by atoms with Gasteiger partial charge < -0.3 is 15.0 Å². The molecule has 0 aliphatic carbocycles. The summed E-state index contributed by atoms with van der Waals surface area (Å²) >= 11 is 0. The van der Waals surface area contributed by atoms with Crippen molar-refractivity contribution in [2.24, 2.45) is 0 Å². The molecule has 1 saturated heterocycles. The number of carbonyl (C=O) groups is 2. The molecular weight excluding hydrogens is 268 g/mol. The molecule has 1 N–H and O–H groups in total. The normalized spacial score (nSPS) is 21.3. The Balaban J connectivity index is 2.05. The predicted octanol–water partition coefficient (Wildman–Crippen LogP) is 0.981. The zero-order valence-electron chi connectivity index (χ0n) is 12.5. The molecule has 2 rings (SSSR count). The highest BCUT2D eigenvalue weighted by molar-refractivity contribution is 5.84. The van der Waals surface area contributed by atoms with E-state index in [0.717, 1.165) is 12.8 Å². The number of rotatable bonds is 5. The van der Waals surface area contributed by atoms with Crippen LogP contribution in [0.5, 0.6) is 0 Å². The van der Waals surface area contributed by atoms with E-state index in [1.165, 1.54) is 12.5 Å². The van der Waals surface area contributed by atoms with Gasteiger partial charge in [0, 0.05) is 20.6 Å². The highest BCUT2D eigenvalue weighted by Gasteiger charge is 2.36. The fourth-order valence-corrected chi connectivity index (χ4v) is 2.81. The summed E-state index contributed by atoms with van der Waals surface area (Å²) < 4.78 is 5.52. The number of hydrogen-bond acceptors (Lipinski definition) is 3. The minimum Gasteiger partial charge on any atom is -0.379 e. The van der Waals surface area contributed by atoms with Gasteiger partial charge in [-0.05, 0) is 18.4 Å². The van der Waals surface area contributed by atoms with Crippen LogP contribution in [0.15, 0.2) is 30.3 Å². The minimum atomic E-state index is -0.189. The van der Waals surface area contributed by atoms with Gasteiger partial charge in [0.1, 0.15) is 0 Å². The lowest BCUT2D eigenvalue weighted by atomic mass is 10.0. The van der Waals surface area contributed by atoms with E-state index < -0.39 is 0 Å². The summed E-state index contributed by atoms with van der Waals surface area (Å²) in [5.41, 5.74) is 1.18. The Bertz CT molecular complexity index is 490. The fraction of sp³-hybridized carbons (Fsp3) is 0.500. The van der Waals surface area contributed by atoms with Gasteiger partial charge in [-0.15, -0.1) is 0 Å². The zero-order chi connectivity index (χ0) is 15.2. The second kappa shape index (κ2) is 7.22. The Labute approximate surface area is 125 Å². The molecule has 1 aliphatic heterocycles. The Hall–Kier alpha value is -1.88. The van der Waals surface area contributed by atoms with Crippen molar-refractivity contribution in [3.63, 3.8) is 0 Å². The van der Waals surface area contributed by atoms with Crippen LogP contribution in [0.3, 0.4) is 0 Å². The summed E-state index contributed by atoms with van der Waals surface area (Å²) in [6, 6.07) is 10.1. The fourth-order valence-electron chi connectivity index (χ4n) is 2.81. The monoisotopic (exact) mass is 290 g/mol. The second-order valence-electron chi connectivity index (χ2n) is 5.32. The Morgan fingerprint density at radius 3 is 2.67 bits per heavy atom. The first-order chi connectivity index (χ1) is 10.1. The van der Waals surface area contributed by atoms with Crippen LogP contribution in [0.25, 0.3) is 0 Å². The van der Waals surface area contributed by atoms with Gasteiger partial charge in [-0.3, -0.25) is 9.59 Å². The maximum absolute atomic E-state index is 12.3. The van der Waals surface area contributed by atoms with Gasteiger partial charge in [-0.25, -0.2) is 0 Å². The lowest BCUT2D eigenvalue weighted by Crippen LogP contribution is -2.45. The van der Waals surface area contributed by atoms with E-state index in [0.29, 0.717) is 6.54 Å². The minimum absolute atomic E-state index is 0.0265. The van der Waals surface area contributed by atoms with Crippen molar-refractivity contribution in [1.29, 1.82) is 0 Å². The van der Waals surface area contributed by atoms with Gasteiger partial charge in [0.05, 0.1) is 18.7 Å². The van der Waals surface area contributed by atoms with Crippen LogP contribution < -0.4 is 5.32 Å². The van der Waals surface area contributed by atoms with Gasteiger partial charge >= 0.3 is 0 Å². The molecule has 0 spiro atoms. The summed E-state index contributed by atoms with van der Waals surface area (Å²) in [4.78, 5) is 25.0. The summed E-state index contributed by atoms with van der Waals surface area (Å²) in [7, 11) is 1.68. The van der Waals surface area contributed by atoms with Crippen molar-refractivity contribution >= 4 is 11.8 Å². The standard InChI is InChI=1S/C16H22N2O3/c1-12(19)17-11-16(20)18-9-8-15(21-2)14(18)10-13-6-4-3-5-7-13/h3-7,14-15H,8-11H2,1-2H3,(H,17,19)/t14-,15-/m1/s1. The van der Waals surface area contributed by atoms with E-state index in [2.05, 4.69) is 17.4 Å². The van der Waals surface area contributed by atoms with E-state index >= 15 is 0 Å². The Morgan fingerprint density at radius 2 is 2.05 bits per heavy atom. The van der Waals surface area contributed by atoms with Crippen LogP contribution in [0.2, 0.25) is 0 Å². The molecule has 0 bridgehead atoms. The number of carbonyl (C=O) groups excluding carboxylic acids is 2.